The first-order valence-corrected chi connectivity index (χ1v) is 13.6. The van der Waals surface area contributed by atoms with E-state index in [4.69, 9.17) is 9.15 Å². The second kappa shape index (κ2) is 12.3. The third kappa shape index (κ3) is 6.75. The second-order valence-corrected chi connectivity index (χ2v) is 10.2. The first-order valence-electron chi connectivity index (χ1n) is 13.6. The smallest absolute Gasteiger partial charge is 0.287 e. The van der Waals surface area contributed by atoms with Crippen molar-refractivity contribution in [2.45, 2.75) is 56.7 Å². The van der Waals surface area contributed by atoms with E-state index in [1.54, 1.807) is 18.2 Å². The van der Waals surface area contributed by atoms with Crippen molar-refractivity contribution in [2.24, 2.45) is 0 Å². The summed E-state index contributed by atoms with van der Waals surface area (Å²) in [6.45, 7) is 1.42. The van der Waals surface area contributed by atoms with E-state index >= 15 is 0 Å². The van der Waals surface area contributed by atoms with Crippen LogP contribution in [-0.4, -0.2) is 36.5 Å². The van der Waals surface area contributed by atoms with Gasteiger partial charge in [-0.1, -0.05) is 55.7 Å². The van der Waals surface area contributed by atoms with Crippen molar-refractivity contribution >= 4 is 22.8 Å². The van der Waals surface area contributed by atoms with E-state index in [9.17, 15) is 14.0 Å². The van der Waals surface area contributed by atoms with Crippen molar-refractivity contribution < 1.29 is 23.1 Å². The maximum atomic E-state index is 13.3. The van der Waals surface area contributed by atoms with Crippen molar-refractivity contribution in [1.82, 2.24) is 16.0 Å². The van der Waals surface area contributed by atoms with Crippen LogP contribution in [0.5, 0.6) is 0 Å². The van der Waals surface area contributed by atoms with Crippen LogP contribution >= 0.6 is 0 Å². The van der Waals surface area contributed by atoms with Crippen LogP contribution < -0.4 is 16.0 Å². The molecule has 2 amide bonds. The Labute approximate surface area is 227 Å². The highest BCUT2D eigenvalue weighted by molar-refractivity contribution is 6.00. The van der Waals surface area contributed by atoms with E-state index in [1.165, 1.54) is 12.1 Å². The van der Waals surface area contributed by atoms with Crippen LogP contribution in [0, 0.1) is 5.82 Å². The minimum Gasteiger partial charge on any atom is -0.489 e. The van der Waals surface area contributed by atoms with Gasteiger partial charge in [-0.05, 0) is 61.2 Å². The Balaban J connectivity index is 1.08. The van der Waals surface area contributed by atoms with Gasteiger partial charge in [-0.15, -0.1) is 0 Å². The first kappa shape index (κ1) is 26.7. The summed E-state index contributed by atoms with van der Waals surface area (Å²) in [5.74, 6) is 0.225. The molecule has 1 atom stereocenters. The molecule has 1 unspecified atom stereocenters. The molecular weight excluding hydrogens is 497 g/mol. The van der Waals surface area contributed by atoms with Crippen LogP contribution in [0.4, 0.5) is 4.39 Å². The fourth-order valence-corrected chi connectivity index (χ4v) is 5.15. The number of para-hydroxylation sites is 1. The normalized spacial score (nSPS) is 18.4. The van der Waals surface area contributed by atoms with Crippen molar-refractivity contribution in [3.05, 3.63) is 95.7 Å². The lowest BCUT2D eigenvalue weighted by atomic mass is 9.80. The van der Waals surface area contributed by atoms with Gasteiger partial charge in [0.25, 0.3) is 5.91 Å². The molecule has 2 aromatic carbocycles. The number of amides is 2. The third-order valence-corrected chi connectivity index (χ3v) is 7.35. The Morgan fingerprint density at radius 2 is 1.82 bits per heavy atom. The number of nitrogens with one attached hydrogen (secondary N) is 3. The molecule has 5 rings (SSSR count). The summed E-state index contributed by atoms with van der Waals surface area (Å²) >= 11 is 0. The molecule has 204 valence electrons. The van der Waals surface area contributed by atoms with Gasteiger partial charge in [0.15, 0.2) is 5.76 Å². The fraction of sp³-hybridized carbons (Fsp3) is 0.355. The van der Waals surface area contributed by atoms with E-state index < -0.39 is 5.54 Å². The van der Waals surface area contributed by atoms with E-state index in [0.29, 0.717) is 38.1 Å². The number of fused-ring (bicyclic) bond motifs is 1. The van der Waals surface area contributed by atoms with Gasteiger partial charge in [-0.25, -0.2) is 4.39 Å². The number of ether oxygens (including phenoxy) is 1. The molecule has 0 bridgehead atoms. The van der Waals surface area contributed by atoms with Crippen molar-refractivity contribution in [3.63, 3.8) is 0 Å². The molecule has 1 heterocycles. The minimum atomic E-state index is -0.932. The zero-order valence-corrected chi connectivity index (χ0v) is 21.9. The van der Waals surface area contributed by atoms with Crippen molar-refractivity contribution in [2.75, 3.05) is 13.1 Å². The summed E-state index contributed by atoms with van der Waals surface area (Å²) in [4.78, 5) is 26.4. The quantitative estimate of drug-likeness (QED) is 0.315. The van der Waals surface area contributed by atoms with E-state index in [-0.39, 0.29) is 29.4 Å². The highest BCUT2D eigenvalue weighted by Crippen LogP contribution is 2.29. The number of rotatable bonds is 10. The molecule has 1 fully saturated rings. The number of allylic oxidation sites excluding steroid dienone is 1. The van der Waals surface area contributed by atoms with E-state index in [2.05, 4.69) is 16.0 Å². The highest BCUT2D eigenvalue weighted by Gasteiger charge is 2.41. The fourth-order valence-electron chi connectivity index (χ4n) is 5.15. The average molecular weight is 532 g/mol. The molecule has 0 saturated heterocycles. The van der Waals surface area contributed by atoms with Crippen LogP contribution in [0.3, 0.4) is 0 Å². The molecule has 0 radical (unpaired) electrons. The Morgan fingerprint density at radius 1 is 1.03 bits per heavy atom. The predicted molar refractivity (Wildman–Crippen MR) is 147 cm³/mol. The molecule has 0 aliphatic heterocycles. The number of benzene rings is 2. The van der Waals surface area contributed by atoms with Crippen LogP contribution in [-0.2, 0) is 16.1 Å². The monoisotopic (exact) mass is 531 g/mol. The van der Waals surface area contributed by atoms with Gasteiger partial charge in [0.1, 0.15) is 29.3 Å². The number of carbonyl (C=O) groups is 2. The summed E-state index contributed by atoms with van der Waals surface area (Å²) < 4.78 is 24.6. The zero-order chi connectivity index (χ0) is 27.1. The Morgan fingerprint density at radius 3 is 2.56 bits per heavy atom. The van der Waals surface area contributed by atoms with Crippen LogP contribution in [0.25, 0.3) is 11.0 Å². The lowest BCUT2D eigenvalue weighted by Crippen LogP contribution is -2.60. The van der Waals surface area contributed by atoms with Crippen molar-refractivity contribution in [1.29, 1.82) is 0 Å². The highest BCUT2D eigenvalue weighted by atomic mass is 19.1. The summed E-state index contributed by atoms with van der Waals surface area (Å²) in [6.07, 6.45) is 10.8. The lowest BCUT2D eigenvalue weighted by Gasteiger charge is -2.36. The average Bonchev–Trinajstić information content (AvgIpc) is 3.41. The lowest BCUT2D eigenvalue weighted by molar-refractivity contribution is -0.128. The maximum Gasteiger partial charge on any atom is 0.287 e. The first-order chi connectivity index (χ1) is 19.0. The second-order valence-electron chi connectivity index (χ2n) is 10.2. The summed E-state index contributed by atoms with van der Waals surface area (Å²) in [6, 6.07) is 15.6. The minimum absolute atomic E-state index is 0.136. The molecule has 2 aliphatic carbocycles. The Kier molecular flexibility index (Phi) is 8.42. The molecule has 2 aliphatic rings. The molecule has 0 spiro atoms. The van der Waals surface area contributed by atoms with Crippen molar-refractivity contribution in [3.8, 4) is 0 Å². The molecule has 39 heavy (non-hydrogen) atoms. The topological polar surface area (TPSA) is 92.6 Å². The Hall–Kier alpha value is -3.91. The largest absolute Gasteiger partial charge is 0.489 e. The molecule has 1 aromatic heterocycles. The molecule has 8 heteroatoms. The third-order valence-electron chi connectivity index (χ3n) is 7.35. The standard InChI is InChI=1S/C31H34FN3O4/c32-24-10-8-22(9-11-24)21-38-26-14-12-25(13-15-26)33-18-19-34-30(37)31(16-4-1-5-17-31)35-29(36)28-20-23-6-2-3-7-27(23)39-28/h2-3,6-12,14-15,20,25,33H,1,4-5,13,16-19,21H2,(H,34,37)(H,35,36). The zero-order valence-electron chi connectivity index (χ0n) is 21.9. The van der Waals surface area contributed by atoms with Gasteiger partial charge in [0.2, 0.25) is 5.91 Å². The molecular formula is C31H34FN3O4. The predicted octanol–water partition coefficient (Wildman–Crippen LogP) is 5.14. The molecule has 1 saturated carbocycles. The summed E-state index contributed by atoms with van der Waals surface area (Å²) in [5.41, 5.74) is 0.624. The van der Waals surface area contributed by atoms with Crippen LogP contribution in [0.2, 0.25) is 0 Å². The van der Waals surface area contributed by atoms with Crippen LogP contribution in [0.1, 0.15) is 54.6 Å². The van der Waals surface area contributed by atoms with E-state index in [1.807, 2.05) is 42.5 Å². The van der Waals surface area contributed by atoms with Gasteiger partial charge in [-0.3, -0.25) is 9.59 Å². The van der Waals surface area contributed by atoms with Gasteiger partial charge >= 0.3 is 0 Å². The number of halogens is 1. The van der Waals surface area contributed by atoms with Gasteiger partial charge in [0, 0.05) is 24.5 Å². The maximum absolute atomic E-state index is 13.3. The number of furan rings is 1. The SMILES string of the molecule is O=C(NC1(C(=O)NCCNC2C=CC(OCc3ccc(F)cc3)=CC2)CCCCC1)c1cc2ccccc2o1. The number of hydrogen-bond acceptors (Lipinski definition) is 5. The van der Waals surface area contributed by atoms with E-state index in [0.717, 1.165) is 42.4 Å². The van der Waals surface area contributed by atoms with Gasteiger partial charge in [0.05, 0.1) is 0 Å². The van der Waals surface area contributed by atoms with Gasteiger partial charge in [-0.2, -0.15) is 0 Å². The van der Waals surface area contributed by atoms with Gasteiger partial charge < -0.3 is 25.1 Å². The summed E-state index contributed by atoms with van der Waals surface area (Å²) in [7, 11) is 0. The molecule has 7 nitrogen and oxygen atoms in total. The molecule has 3 N–H and O–H groups in total. The summed E-state index contributed by atoms with van der Waals surface area (Å²) in [5, 5.41) is 10.3. The molecule has 3 aromatic rings. The number of hydrogen-bond donors (Lipinski definition) is 3. The Bertz CT molecular complexity index is 1320. The number of carbonyl (C=O) groups excluding carboxylic acids is 2. The van der Waals surface area contributed by atoms with Crippen LogP contribution in [0.15, 0.2) is 83.0 Å².